The molecule has 1 aromatic heterocycles. The van der Waals surface area contributed by atoms with E-state index < -0.39 is 14.1 Å². The van der Waals surface area contributed by atoms with E-state index in [1.54, 1.807) is 14.2 Å². The number of benzene rings is 3. The normalized spacial score (nSPS) is 12.2. The monoisotopic (exact) mass is 727 g/mol. The number of hydrogen-bond acceptors (Lipinski definition) is 8. The van der Waals surface area contributed by atoms with E-state index in [0.717, 1.165) is 53.9 Å². The molecule has 3 aromatic carbocycles. The molecular formula is C41H54N5O5P. The SMILES string of the molecule is COc1ccc(C(c2ccccc2)(c2ccc(OC)cc2)n2cnc(CC(=O)NCCCCCCOP(OCCC#N)N(C(C)C)C(C)C)c2)cc1. The van der Waals surface area contributed by atoms with E-state index in [1.165, 1.54) is 0 Å². The van der Waals surface area contributed by atoms with Crippen LogP contribution in [0.15, 0.2) is 91.4 Å². The molecule has 1 unspecified atom stereocenters. The van der Waals surface area contributed by atoms with Crippen molar-refractivity contribution < 1.29 is 23.3 Å². The molecule has 52 heavy (non-hydrogen) atoms. The minimum absolute atomic E-state index is 0.0598. The van der Waals surface area contributed by atoms with Crippen molar-refractivity contribution in [2.45, 2.75) is 83.8 Å². The lowest BCUT2D eigenvalue weighted by molar-refractivity contribution is -0.120. The molecule has 0 bridgehead atoms. The summed E-state index contributed by atoms with van der Waals surface area (Å²) in [5.41, 5.74) is 2.98. The average Bonchev–Trinajstić information content (AvgIpc) is 3.61. The molecule has 0 aliphatic heterocycles. The van der Waals surface area contributed by atoms with Crippen LogP contribution >= 0.6 is 8.53 Å². The topological polar surface area (TPSA) is 111 Å². The maximum absolute atomic E-state index is 13.1. The number of imidazole rings is 1. The number of carbonyl (C=O) groups is 1. The Hall–Kier alpha value is -4.26. The lowest BCUT2D eigenvalue weighted by atomic mass is 9.76. The molecule has 0 aliphatic carbocycles. The first-order chi connectivity index (χ1) is 25.2. The first-order valence-corrected chi connectivity index (χ1v) is 19.2. The molecule has 0 fully saturated rings. The smallest absolute Gasteiger partial charge is 0.259 e. The van der Waals surface area contributed by atoms with Crippen LogP contribution in [0.5, 0.6) is 11.5 Å². The molecule has 4 rings (SSSR count). The highest BCUT2D eigenvalue weighted by Gasteiger charge is 2.39. The highest BCUT2D eigenvalue weighted by Crippen LogP contribution is 2.46. The van der Waals surface area contributed by atoms with Crippen LogP contribution in [0.25, 0.3) is 0 Å². The van der Waals surface area contributed by atoms with Crippen LogP contribution in [0.3, 0.4) is 0 Å². The van der Waals surface area contributed by atoms with Crippen molar-refractivity contribution in [2.75, 3.05) is 34.0 Å². The minimum atomic E-state index is -1.22. The molecule has 1 atom stereocenters. The van der Waals surface area contributed by atoms with Gasteiger partial charge in [0.25, 0.3) is 8.53 Å². The maximum atomic E-state index is 13.1. The average molecular weight is 728 g/mol. The van der Waals surface area contributed by atoms with Crippen LogP contribution in [-0.4, -0.2) is 66.2 Å². The van der Waals surface area contributed by atoms with Gasteiger partial charge in [-0.15, -0.1) is 0 Å². The summed E-state index contributed by atoms with van der Waals surface area (Å²) >= 11 is 0. The van der Waals surface area contributed by atoms with Crippen LogP contribution < -0.4 is 14.8 Å². The van der Waals surface area contributed by atoms with Gasteiger partial charge in [-0.1, -0.05) is 67.4 Å². The van der Waals surface area contributed by atoms with Crippen LogP contribution in [0, 0.1) is 11.3 Å². The van der Waals surface area contributed by atoms with Crippen molar-refractivity contribution in [1.82, 2.24) is 19.5 Å². The molecule has 0 radical (unpaired) electrons. The van der Waals surface area contributed by atoms with Crippen molar-refractivity contribution in [3.8, 4) is 17.6 Å². The van der Waals surface area contributed by atoms with E-state index in [9.17, 15) is 4.79 Å². The number of nitriles is 1. The van der Waals surface area contributed by atoms with Crippen molar-refractivity contribution in [3.63, 3.8) is 0 Å². The van der Waals surface area contributed by atoms with Crippen LogP contribution in [0.4, 0.5) is 0 Å². The van der Waals surface area contributed by atoms with E-state index >= 15 is 0 Å². The molecule has 10 nitrogen and oxygen atoms in total. The van der Waals surface area contributed by atoms with Crippen LogP contribution in [0.2, 0.25) is 0 Å². The van der Waals surface area contributed by atoms with Crippen LogP contribution in [-0.2, 0) is 25.8 Å². The van der Waals surface area contributed by atoms with Gasteiger partial charge in [0.2, 0.25) is 5.91 Å². The Bertz CT molecular complexity index is 1620. The lowest BCUT2D eigenvalue weighted by Crippen LogP contribution is -2.37. The number of nitrogens with zero attached hydrogens (tertiary/aromatic N) is 4. The Labute approximate surface area is 311 Å². The molecule has 0 saturated carbocycles. The summed E-state index contributed by atoms with van der Waals surface area (Å²) in [5.74, 6) is 1.47. The Morgan fingerprint density at radius 2 is 1.38 bits per heavy atom. The van der Waals surface area contributed by atoms with Crippen molar-refractivity contribution in [2.24, 2.45) is 0 Å². The zero-order valence-electron chi connectivity index (χ0n) is 31.5. The van der Waals surface area contributed by atoms with E-state index in [4.69, 9.17) is 28.8 Å². The van der Waals surface area contributed by atoms with Crippen molar-refractivity contribution in [3.05, 3.63) is 114 Å². The predicted molar refractivity (Wildman–Crippen MR) is 206 cm³/mol. The Morgan fingerprint density at radius 3 is 1.94 bits per heavy atom. The third-order valence-corrected chi connectivity index (χ3v) is 10.9. The molecular weight excluding hydrogens is 673 g/mol. The van der Waals surface area contributed by atoms with Gasteiger partial charge in [0, 0.05) is 24.8 Å². The van der Waals surface area contributed by atoms with Gasteiger partial charge in [0.1, 0.15) is 17.0 Å². The quantitative estimate of drug-likeness (QED) is 0.0490. The van der Waals surface area contributed by atoms with Gasteiger partial charge in [-0.3, -0.25) is 4.79 Å². The molecule has 1 heterocycles. The fraction of sp³-hybridized carbons (Fsp3) is 0.439. The standard InChI is InChI=1S/C41H54N5O5P/c1-32(2)46(33(3)4)52(51-28-14-25-42)50-27-13-8-7-12-26-43-40(47)29-37-30-45(31-44-37)41(34-15-10-9-11-16-34,35-17-21-38(48-5)22-18-35)36-19-23-39(49-6)24-20-36/h9-11,15-24,30-33H,7-8,12-14,26-29H2,1-6H3,(H,43,47). The first kappa shape index (κ1) is 40.5. The van der Waals surface area contributed by atoms with Gasteiger partial charge in [-0.05, 0) is 81.5 Å². The number of methoxy groups -OCH3 is 2. The largest absolute Gasteiger partial charge is 0.497 e. The van der Waals surface area contributed by atoms with E-state index in [0.29, 0.717) is 31.9 Å². The Morgan fingerprint density at radius 1 is 0.827 bits per heavy atom. The predicted octanol–water partition coefficient (Wildman–Crippen LogP) is 8.25. The third-order valence-electron chi connectivity index (χ3n) is 8.83. The number of hydrogen-bond donors (Lipinski definition) is 1. The summed E-state index contributed by atoms with van der Waals surface area (Å²) in [5, 5.41) is 12.0. The van der Waals surface area contributed by atoms with Gasteiger partial charge in [0.05, 0.1) is 58.4 Å². The summed E-state index contributed by atoms with van der Waals surface area (Å²) in [7, 11) is 2.10. The molecule has 1 N–H and O–H groups in total. The highest BCUT2D eigenvalue weighted by molar-refractivity contribution is 7.44. The molecule has 0 saturated heterocycles. The van der Waals surface area contributed by atoms with Gasteiger partial charge < -0.3 is 28.4 Å². The number of carbonyl (C=O) groups excluding carboxylic acids is 1. The van der Waals surface area contributed by atoms with Gasteiger partial charge >= 0.3 is 0 Å². The fourth-order valence-electron chi connectivity index (χ4n) is 6.42. The molecule has 4 aromatic rings. The second-order valence-electron chi connectivity index (χ2n) is 13.1. The number of rotatable bonds is 22. The number of ether oxygens (including phenoxy) is 2. The Kier molecular flexibility index (Phi) is 16.1. The number of nitrogens with one attached hydrogen (secondary N) is 1. The molecule has 278 valence electrons. The molecule has 11 heteroatoms. The first-order valence-electron chi connectivity index (χ1n) is 18.1. The Balaban J connectivity index is 1.37. The molecule has 0 aliphatic rings. The van der Waals surface area contributed by atoms with Crippen LogP contribution in [0.1, 0.15) is 82.2 Å². The number of unbranched alkanes of at least 4 members (excludes halogenated alkanes) is 3. The fourth-order valence-corrected chi connectivity index (χ4v) is 8.05. The zero-order chi connectivity index (χ0) is 37.3. The summed E-state index contributed by atoms with van der Waals surface area (Å²) in [6.07, 6.45) is 8.06. The van der Waals surface area contributed by atoms with Gasteiger partial charge in [-0.25, -0.2) is 9.65 Å². The van der Waals surface area contributed by atoms with Gasteiger partial charge in [-0.2, -0.15) is 5.26 Å². The lowest BCUT2D eigenvalue weighted by Gasteiger charge is -2.37. The zero-order valence-corrected chi connectivity index (χ0v) is 32.4. The number of amides is 1. The van der Waals surface area contributed by atoms with E-state index in [2.05, 4.69) is 84.7 Å². The van der Waals surface area contributed by atoms with Crippen molar-refractivity contribution >= 4 is 14.4 Å². The molecule has 1 amide bonds. The molecule has 0 spiro atoms. The minimum Gasteiger partial charge on any atom is -0.497 e. The van der Waals surface area contributed by atoms with E-state index in [1.807, 2.05) is 55.0 Å². The van der Waals surface area contributed by atoms with E-state index in [-0.39, 0.29) is 24.4 Å². The second kappa shape index (κ2) is 20.7. The van der Waals surface area contributed by atoms with Gasteiger partial charge in [0.15, 0.2) is 0 Å². The maximum Gasteiger partial charge on any atom is 0.259 e. The second-order valence-corrected chi connectivity index (χ2v) is 14.6. The summed E-state index contributed by atoms with van der Waals surface area (Å²) in [4.78, 5) is 17.8. The summed E-state index contributed by atoms with van der Waals surface area (Å²) < 4.78 is 27.5. The summed E-state index contributed by atoms with van der Waals surface area (Å²) in [6, 6.07) is 29.2. The van der Waals surface area contributed by atoms with Crippen molar-refractivity contribution in [1.29, 1.82) is 5.26 Å². The third kappa shape index (κ3) is 10.6. The highest BCUT2D eigenvalue weighted by atomic mass is 31.2. The summed E-state index contributed by atoms with van der Waals surface area (Å²) in [6.45, 7) is 10.1. The number of aromatic nitrogens is 2.